The zero-order valence-corrected chi connectivity index (χ0v) is 15.1. The highest BCUT2D eigenvalue weighted by Crippen LogP contribution is 2.13. The van der Waals surface area contributed by atoms with Crippen molar-refractivity contribution in [2.24, 2.45) is 11.7 Å². The SMILES string of the molecule is CCC[C@@H](CC(N)=O)NC(=O)c1cccc(S(=O)(=O)CC(C)C)n1. The Kier molecular flexibility index (Phi) is 7.34. The summed E-state index contributed by atoms with van der Waals surface area (Å²) < 4.78 is 24.5. The average molecular weight is 355 g/mol. The molecule has 1 rings (SSSR count). The van der Waals surface area contributed by atoms with Crippen LogP contribution in [0, 0.1) is 5.92 Å². The molecule has 0 spiro atoms. The van der Waals surface area contributed by atoms with Gasteiger partial charge in [-0.3, -0.25) is 9.59 Å². The van der Waals surface area contributed by atoms with Crippen molar-refractivity contribution in [3.8, 4) is 0 Å². The lowest BCUT2D eigenvalue weighted by atomic mass is 10.1. The number of hydrogen-bond acceptors (Lipinski definition) is 5. The molecule has 134 valence electrons. The molecule has 0 saturated heterocycles. The van der Waals surface area contributed by atoms with Gasteiger partial charge in [-0.05, 0) is 24.5 Å². The second kappa shape index (κ2) is 8.77. The van der Waals surface area contributed by atoms with Gasteiger partial charge < -0.3 is 11.1 Å². The molecule has 2 amide bonds. The first kappa shape index (κ1) is 20.1. The number of amides is 2. The summed E-state index contributed by atoms with van der Waals surface area (Å²) in [6.45, 7) is 5.53. The highest BCUT2D eigenvalue weighted by atomic mass is 32.2. The number of nitrogens with zero attached hydrogens (tertiary/aromatic N) is 1. The molecule has 7 nitrogen and oxygen atoms in total. The molecule has 0 aromatic carbocycles. The van der Waals surface area contributed by atoms with Crippen molar-refractivity contribution in [2.75, 3.05) is 5.75 Å². The van der Waals surface area contributed by atoms with Crippen molar-refractivity contribution in [1.29, 1.82) is 0 Å². The summed E-state index contributed by atoms with van der Waals surface area (Å²) in [6.07, 6.45) is 1.40. The van der Waals surface area contributed by atoms with E-state index in [0.29, 0.717) is 6.42 Å². The van der Waals surface area contributed by atoms with E-state index in [4.69, 9.17) is 5.73 Å². The first-order valence-corrected chi connectivity index (χ1v) is 9.60. The molecule has 8 heteroatoms. The maximum atomic E-state index is 12.3. The maximum absolute atomic E-state index is 12.3. The van der Waals surface area contributed by atoms with E-state index in [0.717, 1.165) is 6.42 Å². The van der Waals surface area contributed by atoms with Gasteiger partial charge in [0.1, 0.15) is 5.69 Å². The van der Waals surface area contributed by atoms with Crippen LogP contribution in [-0.2, 0) is 14.6 Å². The fraction of sp³-hybridized carbons (Fsp3) is 0.562. The Hall–Kier alpha value is -1.96. The van der Waals surface area contributed by atoms with Gasteiger partial charge in [0.05, 0.1) is 5.75 Å². The fourth-order valence-electron chi connectivity index (χ4n) is 2.31. The summed E-state index contributed by atoms with van der Waals surface area (Å²) >= 11 is 0. The fourth-order valence-corrected chi connectivity index (χ4v) is 3.89. The van der Waals surface area contributed by atoms with Gasteiger partial charge in [-0.2, -0.15) is 0 Å². The molecule has 0 fully saturated rings. The van der Waals surface area contributed by atoms with Gasteiger partial charge in [0.2, 0.25) is 5.91 Å². The van der Waals surface area contributed by atoms with Gasteiger partial charge in [-0.1, -0.05) is 33.3 Å². The molecular formula is C16H25N3O4S. The minimum atomic E-state index is -3.54. The topological polar surface area (TPSA) is 119 Å². The predicted molar refractivity (Wildman–Crippen MR) is 91.1 cm³/mol. The standard InChI is InChI=1S/C16H25N3O4S/c1-4-6-12(9-14(17)20)18-16(21)13-7-5-8-15(19-13)24(22,23)10-11(2)3/h5,7-8,11-12H,4,6,9-10H2,1-3H3,(H2,17,20)(H,18,21)/t12-/m0/s1. The van der Waals surface area contributed by atoms with Crippen LogP contribution >= 0.6 is 0 Å². The number of hydrogen-bond donors (Lipinski definition) is 2. The summed E-state index contributed by atoms with van der Waals surface area (Å²) in [5.74, 6) is -1.10. The van der Waals surface area contributed by atoms with Gasteiger partial charge >= 0.3 is 0 Å². The number of sulfone groups is 1. The first-order chi connectivity index (χ1) is 11.2. The molecule has 0 saturated carbocycles. The number of nitrogens with two attached hydrogens (primary N) is 1. The molecule has 1 heterocycles. The quantitative estimate of drug-likeness (QED) is 0.691. The molecule has 0 radical (unpaired) electrons. The van der Waals surface area contributed by atoms with Gasteiger partial charge in [0.25, 0.3) is 5.91 Å². The minimum absolute atomic E-state index is 0.00500. The Labute approximate surface area is 143 Å². The molecule has 24 heavy (non-hydrogen) atoms. The maximum Gasteiger partial charge on any atom is 0.270 e. The summed E-state index contributed by atoms with van der Waals surface area (Å²) in [5.41, 5.74) is 5.19. The zero-order chi connectivity index (χ0) is 18.3. The van der Waals surface area contributed by atoms with Crippen molar-refractivity contribution in [2.45, 2.75) is 51.1 Å². The number of pyridine rings is 1. The predicted octanol–water partition coefficient (Wildman–Crippen LogP) is 1.29. The molecule has 0 aliphatic rings. The smallest absolute Gasteiger partial charge is 0.270 e. The number of nitrogens with one attached hydrogen (secondary N) is 1. The monoisotopic (exact) mass is 355 g/mol. The van der Waals surface area contributed by atoms with E-state index < -0.39 is 27.7 Å². The van der Waals surface area contributed by atoms with Crippen LogP contribution in [-0.4, -0.2) is 37.0 Å². The second-order valence-electron chi connectivity index (χ2n) is 6.17. The number of rotatable bonds is 9. The van der Waals surface area contributed by atoms with E-state index in [9.17, 15) is 18.0 Å². The normalized spacial score (nSPS) is 12.8. The Bertz CT molecular complexity index is 686. The van der Waals surface area contributed by atoms with Crippen molar-refractivity contribution < 1.29 is 18.0 Å². The largest absolute Gasteiger partial charge is 0.370 e. The molecule has 1 aromatic heterocycles. The molecule has 0 aliphatic heterocycles. The Morgan fingerprint density at radius 3 is 2.50 bits per heavy atom. The van der Waals surface area contributed by atoms with Crippen LogP contribution in [0.15, 0.2) is 23.2 Å². The van der Waals surface area contributed by atoms with Crippen molar-refractivity contribution >= 4 is 21.7 Å². The third kappa shape index (κ3) is 6.27. The summed E-state index contributed by atoms with van der Waals surface area (Å²) in [6, 6.07) is 3.91. The number of primary amides is 1. The number of carbonyl (C=O) groups excluding carboxylic acids is 2. The van der Waals surface area contributed by atoms with Crippen LogP contribution in [0.1, 0.15) is 50.5 Å². The summed E-state index contributed by atoms with van der Waals surface area (Å²) in [5, 5.41) is 2.57. The van der Waals surface area contributed by atoms with Crippen LogP contribution in [0.2, 0.25) is 0 Å². The lowest BCUT2D eigenvalue weighted by Gasteiger charge is -2.16. The van der Waals surface area contributed by atoms with Crippen LogP contribution in [0.3, 0.4) is 0 Å². The number of carbonyl (C=O) groups is 2. The average Bonchev–Trinajstić information content (AvgIpc) is 2.45. The van der Waals surface area contributed by atoms with Crippen molar-refractivity contribution in [3.05, 3.63) is 23.9 Å². The lowest BCUT2D eigenvalue weighted by Crippen LogP contribution is -2.38. The van der Waals surface area contributed by atoms with Crippen molar-refractivity contribution in [1.82, 2.24) is 10.3 Å². The van der Waals surface area contributed by atoms with Crippen LogP contribution in [0.5, 0.6) is 0 Å². The minimum Gasteiger partial charge on any atom is -0.370 e. The van der Waals surface area contributed by atoms with E-state index in [2.05, 4.69) is 10.3 Å². The molecule has 0 unspecified atom stereocenters. The Morgan fingerprint density at radius 1 is 1.29 bits per heavy atom. The van der Waals surface area contributed by atoms with Gasteiger partial charge in [-0.25, -0.2) is 13.4 Å². The third-order valence-electron chi connectivity index (χ3n) is 3.25. The Morgan fingerprint density at radius 2 is 1.96 bits per heavy atom. The van der Waals surface area contributed by atoms with Crippen LogP contribution < -0.4 is 11.1 Å². The second-order valence-corrected chi connectivity index (χ2v) is 8.15. The van der Waals surface area contributed by atoms with E-state index >= 15 is 0 Å². The van der Waals surface area contributed by atoms with Crippen LogP contribution in [0.25, 0.3) is 0 Å². The van der Waals surface area contributed by atoms with Gasteiger partial charge in [0, 0.05) is 12.5 Å². The third-order valence-corrected chi connectivity index (χ3v) is 5.22. The molecular weight excluding hydrogens is 330 g/mol. The molecule has 0 aliphatic carbocycles. The first-order valence-electron chi connectivity index (χ1n) is 7.94. The molecule has 1 aromatic rings. The number of aromatic nitrogens is 1. The van der Waals surface area contributed by atoms with Gasteiger partial charge in [-0.15, -0.1) is 0 Å². The zero-order valence-electron chi connectivity index (χ0n) is 14.3. The Balaban J connectivity index is 2.96. The van der Waals surface area contributed by atoms with Crippen molar-refractivity contribution in [3.63, 3.8) is 0 Å². The van der Waals surface area contributed by atoms with E-state index in [1.54, 1.807) is 13.8 Å². The van der Waals surface area contributed by atoms with E-state index in [-0.39, 0.29) is 28.8 Å². The van der Waals surface area contributed by atoms with E-state index in [1.165, 1.54) is 18.2 Å². The molecule has 0 bridgehead atoms. The summed E-state index contributed by atoms with van der Waals surface area (Å²) in [7, 11) is -3.54. The summed E-state index contributed by atoms with van der Waals surface area (Å²) in [4.78, 5) is 27.3. The van der Waals surface area contributed by atoms with E-state index in [1.807, 2.05) is 6.92 Å². The van der Waals surface area contributed by atoms with Crippen LogP contribution in [0.4, 0.5) is 0 Å². The highest BCUT2D eigenvalue weighted by molar-refractivity contribution is 7.91. The van der Waals surface area contributed by atoms with Gasteiger partial charge in [0.15, 0.2) is 14.9 Å². The lowest BCUT2D eigenvalue weighted by molar-refractivity contribution is -0.118. The molecule has 3 N–H and O–H groups in total. The molecule has 1 atom stereocenters. The highest BCUT2D eigenvalue weighted by Gasteiger charge is 2.21.